The third-order valence-corrected chi connectivity index (χ3v) is 0.556. The summed E-state index contributed by atoms with van der Waals surface area (Å²) < 4.78 is 2.60. The van der Waals surface area contributed by atoms with Gasteiger partial charge in [-0.15, -0.1) is 0 Å². The summed E-state index contributed by atoms with van der Waals surface area (Å²) in [6.45, 7) is 3.04. The Labute approximate surface area is 38.3 Å². The normalized spacial score (nSPS) is 8.40. The van der Waals surface area contributed by atoms with Gasteiger partial charge in [0.25, 0.3) is 0 Å². The van der Waals surface area contributed by atoms with Gasteiger partial charge in [0.15, 0.2) is 0 Å². The molecule has 0 aromatic heterocycles. The van der Waals surface area contributed by atoms with E-state index in [1.807, 2.05) is 0 Å². The molecule has 1 N–H and O–H groups in total. The van der Waals surface area contributed by atoms with Crippen molar-refractivity contribution in [3.05, 3.63) is 0 Å². The summed E-state index contributed by atoms with van der Waals surface area (Å²) in [6.07, 6.45) is 1.13. The molecule has 0 atom stereocenters. The molecule has 2 heteroatoms. The van der Waals surface area contributed by atoms with Gasteiger partial charge >= 0.3 is 0 Å². The minimum Gasteiger partial charge on any atom is -0.705 e. The molecule has 0 aromatic carbocycles. The summed E-state index contributed by atoms with van der Waals surface area (Å²) in [7, 11) is 0. The molecule has 1 nitrogen and oxygen atoms in total. The standard InChI is InChI=1S/C3H8NS/c1-2-3-4-5/h4H,2-3H2,1H3/q-1. The quantitative estimate of drug-likeness (QED) is 0.494. The lowest BCUT2D eigenvalue weighted by molar-refractivity contribution is 0.881. The topological polar surface area (TPSA) is 12.0 Å². The van der Waals surface area contributed by atoms with E-state index in [0.29, 0.717) is 0 Å². The van der Waals surface area contributed by atoms with Gasteiger partial charge in [-0.1, -0.05) is 6.92 Å². The molecule has 0 fully saturated rings. The molecule has 0 unspecified atom stereocenters. The van der Waals surface area contributed by atoms with E-state index in [2.05, 4.69) is 24.5 Å². The maximum atomic E-state index is 4.40. The second-order valence-electron chi connectivity index (χ2n) is 0.894. The predicted molar refractivity (Wildman–Crippen MR) is 25.7 cm³/mol. The van der Waals surface area contributed by atoms with E-state index in [1.54, 1.807) is 0 Å². The fourth-order valence-corrected chi connectivity index (χ4v) is 0.306. The van der Waals surface area contributed by atoms with Gasteiger partial charge in [-0.2, -0.15) is 0 Å². The minimum atomic E-state index is 0.954. The number of hydrogen-bond acceptors (Lipinski definition) is 2. The Hall–Kier alpha value is 0.310. The van der Waals surface area contributed by atoms with E-state index < -0.39 is 0 Å². The SMILES string of the molecule is CCCN[S-]. The predicted octanol–water partition coefficient (Wildman–Crippen LogP) is 0.448. The van der Waals surface area contributed by atoms with E-state index in [0.717, 1.165) is 13.0 Å². The Kier molecular flexibility index (Phi) is 4.58. The van der Waals surface area contributed by atoms with Crippen molar-refractivity contribution in [3.8, 4) is 0 Å². The van der Waals surface area contributed by atoms with Gasteiger partial charge in [-0.3, -0.25) is 0 Å². The molecule has 0 radical (unpaired) electrons. The molecule has 0 aliphatic rings. The first-order valence-corrected chi connectivity index (χ1v) is 2.17. The highest BCUT2D eigenvalue weighted by Crippen LogP contribution is 1.63. The second kappa shape index (κ2) is 4.31. The van der Waals surface area contributed by atoms with Crippen LogP contribution >= 0.6 is 0 Å². The van der Waals surface area contributed by atoms with Gasteiger partial charge in [-0.25, -0.2) is 0 Å². The Bertz CT molecular complexity index is 14.4. The van der Waals surface area contributed by atoms with Crippen molar-refractivity contribution in [2.45, 2.75) is 13.3 Å². The van der Waals surface area contributed by atoms with Gasteiger partial charge in [0.2, 0.25) is 0 Å². The summed E-state index contributed by atoms with van der Waals surface area (Å²) >= 11 is 4.40. The van der Waals surface area contributed by atoms with Crippen molar-refractivity contribution >= 4 is 12.8 Å². The Morgan fingerprint density at radius 1 is 1.80 bits per heavy atom. The molecule has 0 bridgehead atoms. The van der Waals surface area contributed by atoms with Gasteiger partial charge in [0, 0.05) is 0 Å². The molecule has 0 aromatic rings. The Morgan fingerprint density at radius 3 is 2.40 bits per heavy atom. The van der Waals surface area contributed by atoms with E-state index in [1.165, 1.54) is 0 Å². The van der Waals surface area contributed by atoms with Gasteiger partial charge in [0.1, 0.15) is 0 Å². The van der Waals surface area contributed by atoms with Crippen molar-refractivity contribution in [2.24, 2.45) is 0 Å². The molecule has 0 heterocycles. The van der Waals surface area contributed by atoms with Crippen LogP contribution in [0.25, 0.3) is 0 Å². The lowest BCUT2D eigenvalue weighted by Crippen LogP contribution is -2.02. The van der Waals surface area contributed by atoms with Crippen LogP contribution in [0.15, 0.2) is 0 Å². The van der Waals surface area contributed by atoms with Crippen molar-refractivity contribution < 1.29 is 0 Å². The van der Waals surface area contributed by atoms with Crippen LogP contribution < -0.4 is 4.72 Å². The van der Waals surface area contributed by atoms with E-state index in [-0.39, 0.29) is 0 Å². The highest BCUT2D eigenvalue weighted by molar-refractivity contribution is 7.56. The van der Waals surface area contributed by atoms with Crippen LogP contribution in [-0.2, 0) is 12.8 Å². The van der Waals surface area contributed by atoms with E-state index in [4.69, 9.17) is 0 Å². The molecular formula is C3H8NS-. The maximum Gasteiger partial charge on any atom is -0.0267 e. The minimum absolute atomic E-state index is 0.954. The van der Waals surface area contributed by atoms with Crippen LogP contribution in [0.4, 0.5) is 0 Å². The molecule has 0 aliphatic heterocycles. The summed E-state index contributed by atoms with van der Waals surface area (Å²) in [4.78, 5) is 0. The zero-order valence-electron chi connectivity index (χ0n) is 3.32. The zero-order valence-corrected chi connectivity index (χ0v) is 4.14. The first-order chi connectivity index (χ1) is 2.41. The summed E-state index contributed by atoms with van der Waals surface area (Å²) in [5.74, 6) is 0. The molecule has 0 spiro atoms. The fraction of sp³-hybridized carbons (Fsp3) is 1.00. The van der Waals surface area contributed by atoms with Crippen molar-refractivity contribution in [2.75, 3.05) is 6.54 Å². The fourth-order valence-electron chi connectivity index (χ4n) is 0.102. The molecule has 32 valence electrons. The number of hydrogen-bond donors (Lipinski definition) is 1. The van der Waals surface area contributed by atoms with Crippen LogP contribution in [0, 0.1) is 0 Å². The molecule has 0 saturated carbocycles. The molecule has 5 heavy (non-hydrogen) atoms. The average Bonchev–Trinajstić information content (AvgIpc) is 1.41. The van der Waals surface area contributed by atoms with Crippen LogP contribution in [0.1, 0.15) is 13.3 Å². The molecule has 0 aliphatic carbocycles. The maximum absolute atomic E-state index is 4.40. The number of rotatable bonds is 2. The largest absolute Gasteiger partial charge is 0.705 e. The molecular weight excluding hydrogens is 82.1 g/mol. The lowest BCUT2D eigenvalue weighted by atomic mass is 10.5. The third kappa shape index (κ3) is 4.31. The highest BCUT2D eigenvalue weighted by atomic mass is 32.1. The first kappa shape index (κ1) is 5.31. The monoisotopic (exact) mass is 90.0 g/mol. The number of nitrogens with one attached hydrogen (secondary N) is 1. The van der Waals surface area contributed by atoms with Crippen molar-refractivity contribution in [3.63, 3.8) is 0 Å². The third-order valence-electron chi connectivity index (χ3n) is 0.352. The summed E-state index contributed by atoms with van der Waals surface area (Å²) in [5.41, 5.74) is 0. The molecule has 0 rings (SSSR count). The van der Waals surface area contributed by atoms with Crippen LogP contribution in [0.2, 0.25) is 0 Å². The summed E-state index contributed by atoms with van der Waals surface area (Å²) in [6, 6.07) is 0. The van der Waals surface area contributed by atoms with Crippen LogP contribution in [0.3, 0.4) is 0 Å². The first-order valence-electron chi connectivity index (χ1n) is 1.76. The smallest absolute Gasteiger partial charge is 0.0267 e. The van der Waals surface area contributed by atoms with Gasteiger partial charge in [0.05, 0.1) is 0 Å². The Morgan fingerprint density at radius 2 is 2.40 bits per heavy atom. The lowest BCUT2D eigenvalue weighted by Gasteiger charge is -2.00. The van der Waals surface area contributed by atoms with Crippen LogP contribution in [-0.4, -0.2) is 6.54 Å². The molecule has 0 saturated heterocycles. The van der Waals surface area contributed by atoms with E-state index >= 15 is 0 Å². The van der Waals surface area contributed by atoms with Crippen molar-refractivity contribution in [1.29, 1.82) is 0 Å². The molecule has 0 amide bonds. The Balaban J connectivity index is 2.19. The van der Waals surface area contributed by atoms with Crippen LogP contribution in [0.5, 0.6) is 0 Å². The van der Waals surface area contributed by atoms with E-state index in [9.17, 15) is 0 Å². The van der Waals surface area contributed by atoms with Gasteiger partial charge in [-0.05, 0) is 13.0 Å². The summed E-state index contributed by atoms with van der Waals surface area (Å²) in [5, 5.41) is 0. The van der Waals surface area contributed by atoms with Crippen molar-refractivity contribution in [1.82, 2.24) is 4.72 Å². The van der Waals surface area contributed by atoms with Gasteiger partial charge < -0.3 is 17.5 Å². The second-order valence-corrected chi connectivity index (χ2v) is 1.18. The average molecular weight is 90.2 g/mol. The highest BCUT2D eigenvalue weighted by Gasteiger charge is 1.58. The zero-order chi connectivity index (χ0) is 4.12.